The predicted octanol–water partition coefficient (Wildman–Crippen LogP) is 0.867. The fourth-order valence-electron chi connectivity index (χ4n) is 2.42. The highest BCUT2D eigenvalue weighted by molar-refractivity contribution is 7.15. The van der Waals surface area contributed by atoms with E-state index in [1.165, 1.54) is 5.69 Å². The molecule has 0 aromatic carbocycles. The van der Waals surface area contributed by atoms with Gasteiger partial charge in [0, 0.05) is 44.3 Å². The first kappa shape index (κ1) is 12.0. The van der Waals surface area contributed by atoms with Crippen LogP contribution in [-0.4, -0.2) is 54.6 Å². The van der Waals surface area contributed by atoms with Gasteiger partial charge in [-0.1, -0.05) is 0 Å². The lowest BCUT2D eigenvalue weighted by molar-refractivity contribution is 0.312. The van der Waals surface area contributed by atoms with Crippen LogP contribution in [0.4, 0.5) is 5.82 Å². The quantitative estimate of drug-likeness (QED) is 0.893. The Bertz CT molecular complexity index is 524. The molecule has 98 valence electrons. The fourth-order valence-corrected chi connectivity index (χ4v) is 3.15. The number of rotatable bonds is 3. The first-order chi connectivity index (χ1) is 8.79. The van der Waals surface area contributed by atoms with Gasteiger partial charge in [-0.15, -0.1) is 11.3 Å². The van der Waals surface area contributed by atoms with Gasteiger partial charge < -0.3 is 15.1 Å². The van der Waals surface area contributed by atoms with Gasteiger partial charge in [0.25, 0.3) is 0 Å². The lowest BCUT2D eigenvalue weighted by Gasteiger charge is -2.33. The summed E-state index contributed by atoms with van der Waals surface area (Å²) in [5, 5.41) is 5.34. The summed E-state index contributed by atoms with van der Waals surface area (Å²) in [6, 6.07) is 0. The van der Waals surface area contributed by atoms with Gasteiger partial charge >= 0.3 is 0 Å². The Hall–Kier alpha value is -1.11. The third kappa shape index (κ3) is 2.00. The molecule has 2 aromatic heterocycles. The number of thiazole rings is 1. The van der Waals surface area contributed by atoms with Gasteiger partial charge in [-0.05, 0) is 14.1 Å². The van der Waals surface area contributed by atoms with Crippen LogP contribution in [0.5, 0.6) is 0 Å². The number of aromatic nitrogens is 2. The van der Waals surface area contributed by atoms with Crippen LogP contribution in [0.25, 0.3) is 4.96 Å². The number of hydrogen-bond donors (Lipinski definition) is 1. The van der Waals surface area contributed by atoms with E-state index in [0.29, 0.717) is 0 Å². The molecule has 1 N–H and O–H groups in total. The zero-order valence-corrected chi connectivity index (χ0v) is 11.7. The molecule has 0 aliphatic carbocycles. The van der Waals surface area contributed by atoms with E-state index in [4.69, 9.17) is 4.98 Å². The van der Waals surface area contributed by atoms with Crippen LogP contribution < -0.4 is 10.2 Å². The summed E-state index contributed by atoms with van der Waals surface area (Å²) >= 11 is 1.70. The van der Waals surface area contributed by atoms with Crippen LogP contribution >= 0.6 is 11.3 Å². The third-order valence-electron chi connectivity index (χ3n) is 3.49. The van der Waals surface area contributed by atoms with E-state index in [9.17, 15) is 0 Å². The van der Waals surface area contributed by atoms with Gasteiger partial charge in [0.15, 0.2) is 10.8 Å². The Morgan fingerprint density at radius 3 is 2.83 bits per heavy atom. The van der Waals surface area contributed by atoms with Gasteiger partial charge in [0.1, 0.15) is 0 Å². The minimum absolute atomic E-state index is 0.861. The fraction of sp³-hybridized carbons (Fsp3) is 0.583. The Labute approximate surface area is 111 Å². The van der Waals surface area contributed by atoms with Crippen molar-refractivity contribution in [2.24, 2.45) is 0 Å². The van der Waals surface area contributed by atoms with Crippen molar-refractivity contribution in [1.29, 1.82) is 0 Å². The number of likely N-dealkylation sites (N-methyl/N-ethyl adjacent to an activating group) is 1. The molecule has 1 aliphatic heterocycles. The molecule has 3 heterocycles. The third-order valence-corrected chi connectivity index (χ3v) is 4.24. The number of fused-ring (bicyclic) bond motifs is 1. The van der Waals surface area contributed by atoms with Crippen LogP contribution in [0.15, 0.2) is 11.6 Å². The van der Waals surface area contributed by atoms with Crippen LogP contribution in [0.1, 0.15) is 5.69 Å². The lowest BCUT2D eigenvalue weighted by atomic mass is 10.3. The predicted molar refractivity (Wildman–Crippen MR) is 75.5 cm³/mol. The number of piperazine rings is 1. The highest BCUT2D eigenvalue weighted by atomic mass is 32.1. The number of imidazole rings is 1. The number of nitrogens with zero attached hydrogens (tertiary/aromatic N) is 4. The summed E-state index contributed by atoms with van der Waals surface area (Å²) in [4.78, 5) is 10.7. The molecule has 18 heavy (non-hydrogen) atoms. The van der Waals surface area contributed by atoms with Crippen molar-refractivity contribution in [1.82, 2.24) is 19.6 Å². The molecule has 0 radical (unpaired) electrons. The molecule has 0 bridgehead atoms. The summed E-state index contributed by atoms with van der Waals surface area (Å²) in [5.74, 6) is 1.16. The van der Waals surface area contributed by atoms with E-state index in [1.54, 1.807) is 11.3 Å². The number of hydrogen-bond acceptors (Lipinski definition) is 5. The summed E-state index contributed by atoms with van der Waals surface area (Å²) in [7, 11) is 4.16. The van der Waals surface area contributed by atoms with Gasteiger partial charge in [-0.3, -0.25) is 4.40 Å². The molecule has 1 aliphatic rings. The molecule has 2 aromatic rings. The molecule has 6 heteroatoms. The molecule has 1 fully saturated rings. The standard InChI is InChI=1S/C12H19N5S/c1-13-9-10-11(14-12-17(10)7-8-18-12)16-5-3-15(2)4-6-16/h7-8,13H,3-6,9H2,1-2H3. The van der Waals surface area contributed by atoms with Crippen LogP contribution in [0.3, 0.4) is 0 Å². The summed E-state index contributed by atoms with van der Waals surface area (Å²) < 4.78 is 2.20. The first-order valence-corrected chi connectivity index (χ1v) is 7.20. The normalized spacial score (nSPS) is 17.8. The van der Waals surface area contributed by atoms with Gasteiger partial charge in [0.05, 0.1) is 5.69 Å². The van der Waals surface area contributed by atoms with E-state index >= 15 is 0 Å². The second-order valence-corrected chi connectivity index (χ2v) is 5.63. The van der Waals surface area contributed by atoms with Crippen molar-refractivity contribution in [2.75, 3.05) is 45.2 Å². The average Bonchev–Trinajstić information content (AvgIpc) is 2.93. The Morgan fingerprint density at radius 2 is 2.11 bits per heavy atom. The zero-order valence-electron chi connectivity index (χ0n) is 10.9. The largest absolute Gasteiger partial charge is 0.352 e. The smallest absolute Gasteiger partial charge is 0.195 e. The maximum atomic E-state index is 4.79. The maximum absolute atomic E-state index is 4.79. The maximum Gasteiger partial charge on any atom is 0.195 e. The average molecular weight is 265 g/mol. The van der Waals surface area contributed by atoms with E-state index in [-0.39, 0.29) is 0 Å². The van der Waals surface area contributed by atoms with E-state index in [2.05, 4.69) is 38.1 Å². The zero-order chi connectivity index (χ0) is 12.5. The van der Waals surface area contributed by atoms with Gasteiger partial charge in [-0.2, -0.15) is 0 Å². The lowest BCUT2D eigenvalue weighted by Crippen LogP contribution is -2.45. The first-order valence-electron chi connectivity index (χ1n) is 6.32. The van der Waals surface area contributed by atoms with Crippen molar-refractivity contribution in [2.45, 2.75) is 6.54 Å². The van der Waals surface area contributed by atoms with Crippen LogP contribution in [0, 0.1) is 0 Å². The second-order valence-electron chi connectivity index (χ2n) is 4.76. The molecule has 3 rings (SSSR count). The molecular weight excluding hydrogens is 246 g/mol. The van der Waals surface area contributed by atoms with Gasteiger partial charge in [0.2, 0.25) is 0 Å². The minimum Gasteiger partial charge on any atom is -0.352 e. The van der Waals surface area contributed by atoms with Crippen molar-refractivity contribution in [3.63, 3.8) is 0 Å². The van der Waals surface area contributed by atoms with Gasteiger partial charge in [-0.25, -0.2) is 4.98 Å². The molecule has 0 unspecified atom stereocenters. The summed E-state index contributed by atoms with van der Waals surface area (Å²) in [6.45, 7) is 5.23. The Balaban J connectivity index is 1.94. The Morgan fingerprint density at radius 1 is 1.33 bits per heavy atom. The Kier molecular flexibility index (Phi) is 3.23. The molecule has 0 saturated carbocycles. The van der Waals surface area contributed by atoms with Crippen LogP contribution in [-0.2, 0) is 6.54 Å². The van der Waals surface area contributed by atoms with Crippen molar-refractivity contribution >= 4 is 22.1 Å². The number of nitrogens with one attached hydrogen (secondary N) is 1. The molecule has 5 nitrogen and oxygen atoms in total. The van der Waals surface area contributed by atoms with Crippen molar-refractivity contribution in [3.8, 4) is 0 Å². The van der Waals surface area contributed by atoms with E-state index in [0.717, 1.165) is 43.5 Å². The molecule has 0 spiro atoms. The SMILES string of the molecule is CNCc1c(N2CCN(C)CC2)nc2sccn12. The van der Waals surface area contributed by atoms with Crippen LogP contribution in [0.2, 0.25) is 0 Å². The minimum atomic E-state index is 0.861. The highest BCUT2D eigenvalue weighted by Crippen LogP contribution is 2.25. The second kappa shape index (κ2) is 4.87. The van der Waals surface area contributed by atoms with Crippen molar-refractivity contribution in [3.05, 3.63) is 17.3 Å². The molecule has 0 atom stereocenters. The summed E-state index contributed by atoms with van der Waals surface area (Å²) in [5.41, 5.74) is 1.28. The van der Waals surface area contributed by atoms with E-state index in [1.807, 2.05) is 7.05 Å². The summed E-state index contributed by atoms with van der Waals surface area (Å²) in [6.07, 6.45) is 2.11. The van der Waals surface area contributed by atoms with E-state index < -0.39 is 0 Å². The topological polar surface area (TPSA) is 35.8 Å². The highest BCUT2D eigenvalue weighted by Gasteiger charge is 2.21. The molecule has 0 amide bonds. The molecular formula is C12H19N5S. The number of anilines is 1. The molecule has 1 saturated heterocycles. The monoisotopic (exact) mass is 265 g/mol. The van der Waals surface area contributed by atoms with Crippen molar-refractivity contribution < 1.29 is 0 Å².